The largest absolute Gasteiger partial charge is 0.455 e. The molecule has 0 amide bonds. The van der Waals surface area contributed by atoms with Crippen LogP contribution in [0.2, 0.25) is 0 Å². The van der Waals surface area contributed by atoms with Crippen molar-refractivity contribution < 1.29 is 4.42 Å². The Hall–Kier alpha value is -9.16. The fourth-order valence-corrected chi connectivity index (χ4v) is 12.0. The Morgan fingerprint density at radius 2 is 0.789 bits per heavy atom. The molecule has 0 saturated carbocycles. The molecule has 0 aliphatic rings. The van der Waals surface area contributed by atoms with E-state index in [4.69, 9.17) is 4.42 Å². The highest BCUT2D eigenvalue weighted by Crippen LogP contribution is 2.46. The van der Waals surface area contributed by atoms with E-state index < -0.39 is 0 Å². The Bertz CT molecular complexity index is 4010. The first-order valence-corrected chi connectivity index (χ1v) is 24.9. The number of furan rings is 1. The first-order valence-electron chi connectivity index (χ1n) is 24.1. The number of thiophene rings is 1. The van der Waals surface area contributed by atoms with E-state index in [2.05, 4.69) is 263 Å². The van der Waals surface area contributed by atoms with Gasteiger partial charge in [-0.1, -0.05) is 170 Å². The van der Waals surface area contributed by atoms with Crippen LogP contribution in [0.25, 0.3) is 91.9 Å². The van der Waals surface area contributed by atoms with Crippen LogP contribution >= 0.6 is 11.3 Å². The lowest BCUT2D eigenvalue weighted by molar-refractivity contribution is 0.670. The van der Waals surface area contributed by atoms with E-state index >= 15 is 0 Å². The van der Waals surface area contributed by atoms with Crippen molar-refractivity contribution in [1.82, 2.24) is 4.57 Å². The first kappa shape index (κ1) is 40.9. The maximum absolute atomic E-state index is 6.51. The van der Waals surface area contributed by atoms with Crippen molar-refractivity contribution in [1.29, 1.82) is 0 Å². The van der Waals surface area contributed by atoms with Gasteiger partial charge < -0.3 is 18.8 Å². The van der Waals surface area contributed by atoms with Crippen LogP contribution in [0.5, 0.6) is 0 Å². The quantitative estimate of drug-likeness (QED) is 0.144. The summed E-state index contributed by atoms with van der Waals surface area (Å²) < 4.78 is 11.6. The van der Waals surface area contributed by atoms with Crippen LogP contribution in [0.15, 0.2) is 265 Å². The molecule has 0 spiro atoms. The van der Waals surface area contributed by atoms with Crippen LogP contribution in [0.1, 0.15) is 0 Å². The predicted octanol–water partition coefficient (Wildman–Crippen LogP) is 19.3. The third-order valence-electron chi connectivity index (χ3n) is 14.0. The zero-order chi connectivity index (χ0) is 46.8. The van der Waals surface area contributed by atoms with Gasteiger partial charge in [0.05, 0.1) is 28.1 Å². The second kappa shape index (κ2) is 16.8. The summed E-state index contributed by atoms with van der Waals surface area (Å²) in [4.78, 5) is 4.77. The van der Waals surface area contributed by atoms with Crippen molar-refractivity contribution in [3.8, 4) is 27.9 Å². The fourth-order valence-electron chi connectivity index (χ4n) is 10.7. The molecule has 11 aromatic carbocycles. The highest BCUT2D eigenvalue weighted by atomic mass is 32.1. The third-order valence-corrected chi connectivity index (χ3v) is 15.2. The van der Waals surface area contributed by atoms with Crippen molar-refractivity contribution in [2.75, 3.05) is 9.80 Å². The summed E-state index contributed by atoms with van der Waals surface area (Å²) in [6, 6.07) is 94.2. The molecule has 334 valence electrons. The number of nitrogens with zero attached hydrogens (tertiary/aromatic N) is 3. The molecule has 14 rings (SSSR count). The molecule has 5 heteroatoms. The van der Waals surface area contributed by atoms with E-state index in [0.29, 0.717) is 0 Å². The molecular weight excluding hydrogens is 883 g/mol. The van der Waals surface area contributed by atoms with Gasteiger partial charge in [-0.05, 0) is 108 Å². The van der Waals surface area contributed by atoms with Crippen molar-refractivity contribution in [2.24, 2.45) is 0 Å². The highest BCUT2D eigenvalue weighted by molar-refractivity contribution is 7.26. The van der Waals surface area contributed by atoms with Crippen molar-refractivity contribution in [2.45, 2.75) is 0 Å². The second-order valence-corrected chi connectivity index (χ2v) is 19.1. The average molecular weight is 926 g/mol. The van der Waals surface area contributed by atoms with Crippen LogP contribution < -0.4 is 9.80 Å². The molecule has 0 aliphatic heterocycles. The Morgan fingerprint density at radius 1 is 0.324 bits per heavy atom. The van der Waals surface area contributed by atoms with Crippen LogP contribution in [-0.2, 0) is 0 Å². The topological polar surface area (TPSA) is 24.6 Å². The molecule has 0 aliphatic carbocycles. The first-order chi connectivity index (χ1) is 35.2. The normalized spacial score (nSPS) is 11.7. The summed E-state index contributed by atoms with van der Waals surface area (Å²) in [6.45, 7) is 0. The molecule has 0 bridgehead atoms. The smallest absolute Gasteiger partial charge is 0.143 e. The van der Waals surface area contributed by atoms with E-state index in [1.807, 2.05) is 23.5 Å². The minimum atomic E-state index is 0.894. The third kappa shape index (κ3) is 6.89. The van der Waals surface area contributed by atoms with Crippen LogP contribution in [0.4, 0.5) is 34.1 Å². The molecule has 0 atom stereocenters. The van der Waals surface area contributed by atoms with E-state index in [-0.39, 0.29) is 0 Å². The maximum atomic E-state index is 6.51. The van der Waals surface area contributed by atoms with Crippen LogP contribution in [0, 0.1) is 0 Å². The van der Waals surface area contributed by atoms with E-state index in [9.17, 15) is 0 Å². The molecule has 4 nitrogen and oxygen atoms in total. The summed E-state index contributed by atoms with van der Waals surface area (Å²) in [5.41, 5.74) is 16.0. The molecule has 0 N–H and O–H groups in total. The molecule has 3 heterocycles. The Kier molecular flexibility index (Phi) is 9.68. The minimum Gasteiger partial charge on any atom is -0.455 e. The van der Waals surface area contributed by atoms with E-state index in [1.165, 1.54) is 42.1 Å². The van der Waals surface area contributed by atoms with Gasteiger partial charge in [-0.25, -0.2) is 0 Å². The summed E-state index contributed by atoms with van der Waals surface area (Å²) in [5, 5.41) is 7.28. The lowest BCUT2D eigenvalue weighted by atomic mass is 10.0. The van der Waals surface area contributed by atoms with Crippen molar-refractivity contribution >= 4 is 109 Å². The Morgan fingerprint density at radius 3 is 1.41 bits per heavy atom. The van der Waals surface area contributed by atoms with Gasteiger partial charge in [-0.15, -0.1) is 11.3 Å². The zero-order valence-corrected chi connectivity index (χ0v) is 39.3. The van der Waals surface area contributed by atoms with Gasteiger partial charge in [-0.3, -0.25) is 0 Å². The van der Waals surface area contributed by atoms with Crippen LogP contribution in [0.3, 0.4) is 0 Å². The van der Waals surface area contributed by atoms with E-state index in [1.54, 1.807) is 0 Å². The fraction of sp³-hybridized carbons (Fsp3) is 0. The number of benzene rings is 11. The Balaban J connectivity index is 0.965. The summed E-state index contributed by atoms with van der Waals surface area (Å²) >= 11 is 1.87. The molecule has 0 fully saturated rings. The minimum absolute atomic E-state index is 0.894. The second-order valence-electron chi connectivity index (χ2n) is 18.1. The number of hydrogen-bond donors (Lipinski definition) is 0. The standard InChI is InChI=1S/C66H43N3OS/c1-3-17-46(18-4-1)67(48-37-33-44(34-38-48)53-25-15-27-59-57-23-9-13-31-63(57)70-65(53)59)50-41-51(43-52(42-50)69-61-29-11-7-21-55(61)56-22-8-12-30-62(56)69)68(47-19-5-2-6-20-47)49-39-35-45(36-40-49)54-26-16-28-60-58-24-10-14-32-64(58)71-66(54)60/h1-43H. The van der Waals surface area contributed by atoms with Gasteiger partial charge in [-0.2, -0.15) is 0 Å². The van der Waals surface area contributed by atoms with Crippen LogP contribution in [-0.4, -0.2) is 4.57 Å². The SMILES string of the molecule is c1ccc(N(c2ccc(-c3cccc4c3oc3ccccc34)cc2)c2cc(N(c3ccccc3)c3ccc(-c4cccc5c4sc4ccccc45)cc3)cc(-n3c4ccccc4c4ccccc43)c2)cc1. The number of rotatable bonds is 9. The molecule has 3 aromatic heterocycles. The summed E-state index contributed by atoms with van der Waals surface area (Å²) in [6.07, 6.45) is 0. The molecule has 0 saturated heterocycles. The lowest BCUT2D eigenvalue weighted by Gasteiger charge is -2.30. The van der Waals surface area contributed by atoms with Gasteiger partial charge in [0.1, 0.15) is 11.2 Å². The van der Waals surface area contributed by atoms with Crippen molar-refractivity contribution in [3.05, 3.63) is 261 Å². The molecular formula is C66H43N3OS. The number of fused-ring (bicyclic) bond motifs is 9. The van der Waals surface area contributed by atoms with Crippen molar-refractivity contribution in [3.63, 3.8) is 0 Å². The van der Waals surface area contributed by atoms with Gasteiger partial charge in [0, 0.05) is 70.0 Å². The number of para-hydroxylation sites is 6. The molecule has 71 heavy (non-hydrogen) atoms. The number of aromatic nitrogens is 1. The monoisotopic (exact) mass is 925 g/mol. The lowest BCUT2D eigenvalue weighted by Crippen LogP contribution is -2.14. The average Bonchev–Trinajstić information content (AvgIpc) is 4.12. The maximum Gasteiger partial charge on any atom is 0.143 e. The Labute approximate surface area is 414 Å². The summed E-state index contributed by atoms with van der Waals surface area (Å²) in [5.74, 6) is 0. The van der Waals surface area contributed by atoms with Gasteiger partial charge in [0.15, 0.2) is 0 Å². The number of hydrogen-bond acceptors (Lipinski definition) is 4. The van der Waals surface area contributed by atoms with Gasteiger partial charge >= 0.3 is 0 Å². The zero-order valence-electron chi connectivity index (χ0n) is 38.5. The predicted molar refractivity (Wildman–Crippen MR) is 301 cm³/mol. The van der Waals surface area contributed by atoms with E-state index in [0.717, 1.165) is 83.9 Å². The molecule has 0 unspecified atom stereocenters. The number of anilines is 6. The van der Waals surface area contributed by atoms with Gasteiger partial charge in [0.2, 0.25) is 0 Å². The molecule has 0 radical (unpaired) electrons. The highest BCUT2D eigenvalue weighted by Gasteiger charge is 2.22. The molecule has 14 aromatic rings. The van der Waals surface area contributed by atoms with Gasteiger partial charge in [0.25, 0.3) is 0 Å². The summed E-state index contributed by atoms with van der Waals surface area (Å²) in [7, 11) is 0.